The molecule has 1 heterocycles. The number of hydrogen-bond acceptors (Lipinski definition) is 4. The third-order valence-corrected chi connectivity index (χ3v) is 5.00. The lowest BCUT2D eigenvalue weighted by atomic mass is 9.88. The highest BCUT2D eigenvalue weighted by molar-refractivity contribution is 8.00. The first-order valence-electron chi connectivity index (χ1n) is 5.66. The van der Waals surface area contributed by atoms with E-state index in [1.54, 1.807) is 0 Å². The zero-order chi connectivity index (χ0) is 11.4. The van der Waals surface area contributed by atoms with Gasteiger partial charge in [-0.3, -0.25) is 0 Å². The smallest absolute Gasteiger partial charge is 0.166 e. The molecular weight excluding hydrogens is 244 g/mol. The second-order valence-electron chi connectivity index (χ2n) is 4.33. The maximum Gasteiger partial charge on any atom is 0.166 e. The molecule has 0 aliphatic heterocycles. The van der Waals surface area contributed by atoms with Gasteiger partial charge in [0.25, 0.3) is 0 Å². The summed E-state index contributed by atoms with van der Waals surface area (Å²) in [7, 11) is 0. The van der Waals surface area contributed by atoms with Crippen molar-refractivity contribution in [2.75, 3.05) is 6.26 Å². The van der Waals surface area contributed by atoms with Crippen LogP contribution < -0.4 is 0 Å². The second-order valence-corrected chi connectivity index (χ2v) is 5.88. The van der Waals surface area contributed by atoms with Crippen molar-refractivity contribution in [1.82, 2.24) is 20.2 Å². The van der Waals surface area contributed by atoms with Gasteiger partial charge in [0.1, 0.15) is 0 Å². The second kappa shape index (κ2) is 5.36. The van der Waals surface area contributed by atoms with Crippen molar-refractivity contribution >= 4 is 23.4 Å². The van der Waals surface area contributed by atoms with E-state index in [1.807, 2.05) is 16.4 Å². The molecule has 0 atom stereocenters. The molecule has 4 nitrogen and oxygen atoms in total. The summed E-state index contributed by atoms with van der Waals surface area (Å²) in [4.78, 5) is 0. The van der Waals surface area contributed by atoms with Crippen LogP contribution in [0.2, 0.25) is 0 Å². The van der Waals surface area contributed by atoms with E-state index >= 15 is 0 Å². The number of rotatable bonds is 4. The monoisotopic (exact) mass is 260 g/mol. The van der Waals surface area contributed by atoms with Crippen LogP contribution in [0, 0.1) is 0 Å². The fraction of sp³-hybridized carbons (Fsp3) is 0.900. The van der Waals surface area contributed by atoms with E-state index in [1.165, 1.54) is 32.1 Å². The maximum absolute atomic E-state index is 5.81. The molecule has 1 aromatic heterocycles. The van der Waals surface area contributed by atoms with Gasteiger partial charge in [-0.1, -0.05) is 19.3 Å². The Balaban J connectivity index is 2.11. The lowest BCUT2D eigenvalue weighted by Crippen LogP contribution is -2.34. The van der Waals surface area contributed by atoms with Crippen molar-refractivity contribution < 1.29 is 0 Å². The van der Waals surface area contributed by atoms with Crippen molar-refractivity contribution in [2.45, 2.75) is 49.3 Å². The van der Waals surface area contributed by atoms with E-state index < -0.39 is 0 Å². The Bertz CT molecular complexity index is 335. The van der Waals surface area contributed by atoms with E-state index in [4.69, 9.17) is 11.6 Å². The van der Waals surface area contributed by atoms with Crippen LogP contribution in [0.1, 0.15) is 37.9 Å². The molecule has 0 unspecified atom stereocenters. The molecule has 90 valence electrons. The standard InChI is InChI=1S/C10H17ClN4S/c1-16-10(5-3-2-4-6-10)8-15-9(7-11)12-13-14-15/h2-8H2,1H3. The summed E-state index contributed by atoms with van der Waals surface area (Å²) in [5.74, 6) is 1.16. The normalized spacial score (nSPS) is 19.9. The zero-order valence-electron chi connectivity index (χ0n) is 9.52. The number of alkyl halides is 1. The molecule has 1 fully saturated rings. The van der Waals surface area contributed by atoms with Crippen LogP contribution in [0.5, 0.6) is 0 Å². The minimum Gasteiger partial charge on any atom is -0.227 e. The van der Waals surface area contributed by atoms with E-state index in [2.05, 4.69) is 21.8 Å². The van der Waals surface area contributed by atoms with Crippen molar-refractivity contribution in [3.05, 3.63) is 5.82 Å². The molecule has 1 aliphatic rings. The molecule has 0 N–H and O–H groups in total. The van der Waals surface area contributed by atoms with Gasteiger partial charge in [-0.2, -0.15) is 11.8 Å². The predicted molar refractivity (Wildman–Crippen MR) is 66.7 cm³/mol. The van der Waals surface area contributed by atoms with Gasteiger partial charge >= 0.3 is 0 Å². The Kier molecular flexibility index (Phi) is 4.08. The molecule has 0 saturated heterocycles. The van der Waals surface area contributed by atoms with Crippen LogP contribution in [0.3, 0.4) is 0 Å². The third kappa shape index (κ3) is 2.51. The van der Waals surface area contributed by atoms with Crippen LogP contribution >= 0.6 is 23.4 Å². The molecule has 16 heavy (non-hydrogen) atoms. The molecule has 0 bridgehead atoms. The SMILES string of the molecule is CSC1(Cn2nnnc2CCl)CCCCC1. The Morgan fingerprint density at radius 2 is 2.12 bits per heavy atom. The predicted octanol–water partition coefficient (Wildman–Crippen LogP) is 2.48. The van der Waals surface area contributed by atoms with Gasteiger partial charge in [-0.15, -0.1) is 16.7 Å². The highest BCUT2D eigenvalue weighted by atomic mass is 35.5. The number of aromatic nitrogens is 4. The van der Waals surface area contributed by atoms with Crippen LogP contribution in [-0.2, 0) is 12.4 Å². The van der Waals surface area contributed by atoms with Gasteiger partial charge in [0.2, 0.25) is 0 Å². The lowest BCUT2D eigenvalue weighted by Gasteiger charge is -2.35. The summed E-state index contributed by atoms with van der Waals surface area (Å²) in [5, 5.41) is 11.7. The number of nitrogens with zero attached hydrogens (tertiary/aromatic N) is 4. The molecule has 1 aromatic rings. The first-order valence-corrected chi connectivity index (χ1v) is 7.42. The van der Waals surface area contributed by atoms with Crippen LogP contribution in [-0.4, -0.2) is 31.2 Å². The first-order chi connectivity index (χ1) is 7.79. The average molecular weight is 261 g/mol. The first kappa shape index (κ1) is 12.2. The average Bonchev–Trinajstić information content (AvgIpc) is 2.77. The summed E-state index contributed by atoms with van der Waals surface area (Å²) in [5.41, 5.74) is 0. The molecule has 6 heteroatoms. The molecule has 1 saturated carbocycles. The van der Waals surface area contributed by atoms with E-state index in [9.17, 15) is 0 Å². The minimum absolute atomic E-state index is 0.314. The summed E-state index contributed by atoms with van der Waals surface area (Å²) in [6.07, 6.45) is 8.71. The van der Waals surface area contributed by atoms with Crippen molar-refractivity contribution in [1.29, 1.82) is 0 Å². The van der Waals surface area contributed by atoms with E-state index in [-0.39, 0.29) is 0 Å². The fourth-order valence-corrected chi connectivity index (χ4v) is 3.48. The summed E-state index contributed by atoms with van der Waals surface area (Å²) in [6, 6.07) is 0. The Hall–Kier alpha value is -0.290. The maximum atomic E-state index is 5.81. The largest absolute Gasteiger partial charge is 0.227 e. The number of hydrogen-bond donors (Lipinski definition) is 0. The minimum atomic E-state index is 0.314. The molecule has 0 aromatic carbocycles. The lowest BCUT2D eigenvalue weighted by molar-refractivity contribution is 0.340. The zero-order valence-corrected chi connectivity index (χ0v) is 11.1. The fourth-order valence-electron chi connectivity index (χ4n) is 2.34. The van der Waals surface area contributed by atoms with Gasteiger partial charge in [0.15, 0.2) is 5.82 Å². The Labute approximate surface area is 105 Å². The molecule has 2 rings (SSSR count). The Morgan fingerprint density at radius 1 is 1.38 bits per heavy atom. The number of halogens is 1. The third-order valence-electron chi connectivity index (χ3n) is 3.36. The van der Waals surface area contributed by atoms with Gasteiger partial charge in [0.05, 0.1) is 12.4 Å². The van der Waals surface area contributed by atoms with E-state index in [0.29, 0.717) is 10.6 Å². The topological polar surface area (TPSA) is 43.6 Å². The summed E-state index contributed by atoms with van der Waals surface area (Å²) in [6.45, 7) is 0.892. The van der Waals surface area contributed by atoms with Crippen molar-refractivity contribution in [3.8, 4) is 0 Å². The highest BCUT2D eigenvalue weighted by Gasteiger charge is 2.32. The molecule has 1 aliphatic carbocycles. The van der Waals surface area contributed by atoms with Gasteiger partial charge in [0, 0.05) is 4.75 Å². The Morgan fingerprint density at radius 3 is 2.75 bits per heavy atom. The van der Waals surface area contributed by atoms with E-state index in [0.717, 1.165) is 12.4 Å². The number of tetrazole rings is 1. The molecule has 0 amide bonds. The summed E-state index contributed by atoms with van der Waals surface area (Å²) < 4.78 is 2.18. The van der Waals surface area contributed by atoms with Crippen LogP contribution in [0.15, 0.2) is 0 Å². The van der Waals surface area contributed by atoms with Gasteiger partial charge < -0.3 is 0 Å². The quantitative estimate of drug-likeness (QED) is 0.780. The van der Waals surface area contributed by atoms with Gasteiger partial charge in [-0.05, 0) is 29.5 Å². The number of thioether (sulfide) groups is 1. The van der Waals surface area contributed by atoms with Crippen molar-refractivity contribution in [3.63, 3.8) is 0 Å². The van der Waals surface area contributed by atoms with Crippen molar-refractivity contribution in [2.24, 2.45) is 0 Å². The molecular formula is C10H17ClN4S. The van der Waals surface area contributed by atoms with Crippen LogP contribution in [0.25, 0.3) is 0 Å². The molecule has 0 radical (unpaired) electrons. The highest BCUT2D eigenvalue weighted by Crippen LogP contribution is 2.39. The van der Waals surface area contributed by atoms with Gasteiger partial charge in [-0.25, -0.2) is 4.68 Å². The van der Waals surface area contributed by atoms with Crippen LogP contribution in [0.4, 0.5) is 0 Å². The molecule has 0 spiro atoms. The summed E-state index contributed by atoms with van der Waals surface area (Å²) >= 11 is 7.76.